The van der Waals surface area contributed by atoms with Gasteiger partial charge in [0, 0.05) is 44.2 Å². The van der Waals surface area contributed by atoms with E-state index in [-0.39, 0.29) is 17.9 Å². The number of nitrogens with zero attached hydrogens (tertiary/aromatic N) is 1. The molecule has 2 amide bonds. The zero-order valence-electron chi connectivity index (χ0n) is 11.8. The van der Waals surface area contributed by atoms with Crippen molar-refractivity contribution in [2.45, 2.75) is 39.2 Å². The van der Waals surface area contributed by atoms with E-state index < -0.39 is 0 Å². The first-order chi connectivity index (χ1) is 9.11. The Labute approximate surface area is 114 Å². The summed E-state index contributed by atoms with van der Waals surface area (Å²) < 4.78 is 0. The number of hydrogen-bond acceptors (Lipinski definition) is 3. The predicted octanol–water partition coefficient (Wildman–Crippen LogP) is 0.423. The zero-order valence-corrected chi connectivity index (χ0v) is 11.8. The molecule has 2 fully saturated rings. The van der Waals surface area contributed by atoms with E-state index in [1.54, 1.807) is 0 Å². The van der Waals surface area contributed by atoms with Crippen molar-refractivity contribution in [2.24, 2.45) is 0 Å². The third-order valence-corrected chi connectivity index (χ3v) is 4.00. The summed E-state index contributed by atoms with van der Waals surface area (Å²) in [6.07, 6.45) is 2.24. The van der Waals surface area contributed by atoms with Gasteiger partial charge in [-0.15, -0.1) is 0 Å². The predicted molar refractivity (Wildman–Crippen MR) is 73.6 cm³/mol. The fraction of sp³-hybridized carbons (Fsp3) is 0.714. The lowest BCUT2D eigenvalue weighted by Gasteiger charge is -2.33. The molecule has 2 rings (SSSR count). The minimum Gasteiger partial charge on any atom is -0.353 e. The van der Waals surface area contributed by atoms with Gasteiger partial charge in [-0.05, 0) is 25.3 Å². The summed E-state index contributed by atoms with van der Waals surface area (Å²) in [5, 5.41) is 6.16. The average molecular weight is 265 g/mol. The maximum Gasteiger partial charge on any atom is 0.249 e. The highest BCUT2D eigenvalue weighted by Crippen LogP contribution is 2.16. The normalized spacial score (nSPS) is 19.9. The highest BCUT2D eigenvalue weighted by atomic mass is 16.2. The molecule has 0 spiro atoms. The van der Waals surface area contributed by atoms with Gasteiger partial charge in [-0.25, -0.2) is 0 Å². The van der Waals surface area contributed by atoms with Crippen molar-refractivity contribution in [3.05, 3.63) is 11.1 Å². The van der Waals surface area contributed by atoms with Crippen molar-refractivity contribution < 1.29 is 9.59 Å². The van der Waals surface area contributed by atoms with Crippen LogP contribution >= 0.6 is 0 Å². The van der Waals surface area contributed by atoms with Crippen LogP contribution in [0.25, 0.3) is 0 Å². The van der Waals surface area contributed by atoms with Crippen LogP contribution in [0.5, 0.6) is 0 Å². The lowest BCUT2D eigenvalue weighted by Crippen LogP contribution is -2.47. The second-order valence-electron chi connectivity index (χ2n) is 5.32. The van der Waals surface area contributed by atoms with Crippen LogP contribution in [-0.4, -0.2) is 48.9 Å². The fourth-order valence-electron chi connectivity index (χ4n) is 2.46. The number of piperidine rings is 1. The monoisotopic (exact) mass is 265 g/mol. The van der Waals surface area contributed by atoms with Crippen LogP contribution in [-0.2, 0) is 9.59 Å². The molecule has 2 heterocycles. The molecule has 0 saturated carbocycles. The Hall–Kier alpha value is -1.36. The Morgan fingerprint density at radius 1 is 1.32 bits per heavy atom. The molecule has 0 aromatic rings. The summed E-state index contributed by atoms with van der Waals surface area (Å²) in [6, 6.07) is 0.231. The van der Waals surface area contributed by atoms with E-state index in [2.05, 4.69) is 10.6 Å². The molecule has 2 saturated heterocycles. The highest BCUT2D eigenvalue weighted by Gasteiger charge is 2.26. The van der Waals surface area contributed by atoms with Crippen LogP contribution in [0.3, 0.4) is 0 Å². The van der Waals surface area contributed by atoms with E-state index in [0.717, 1.165) is 44.6 Å². The summed E-state index contributed by atoms with van der Waals surface area (Å²) in [5.74, 6) is 0.264. The summed E-state index contributed by atoms with van der Waals surface area (Å²) in [5.41, 5.74) is 2.13. The number of nitrogens with one attached hydrogen (secondary N) is 2. The number of carbonyl (C=O) groups is 2. The summed E-state index contributed by atoms with van der Waals surface area (Å²) in [7, 11) is 0. The van der Waals surface area contributed by atoms with E-state index in [0.29, 0.717) is 6.42 Å². The number of rotatable bonds is 3. The van der Waals surface area contributed by atoms with Gasteiger partial charge >= 0.3 is 0 Å². The lowest BCUT2D eigenvalue weighted by molar-refractivity contribution is -0.128. The first kappa shape index (κ1) is 14.1. The Balaban J connectivity index is 1.83. The van der Waals surface area contributed by atoms with Crippen molar-refractivity contribution in [2.75, 3.05) is 26.2 Å². The van der Waals surface area contributed by atoms with Gasteiger partial charge in [-0.2, -0.15) is 0 Å². The number of likely N-dealkylation sites (tertiary alicyclic amines) is 1. The topological polar surface area (TPSA) is 61.4 Å². The Morgan fingerprint density at radius 3 is 2.42 bits per heavy atom. The molecule has 0 atom stereocenters. The van der Waals surface area contributed by atoms with Gasteiger partial charge < -0.3 is 15.5 Å². The molecule has 2 aliphatic heterocycles. The van der Waals surface area contributed by atoms with Crippen molar-refractivity contribution in [3.63, 3.8) is 0 Å². The van der Waals surface area contributed by atoms with Crippen molar-refractivity contribution in [1.82, 2.24) is 15.5 Å². The molecule has 2 aliphatic rings. The third-order valence-electron chi connectivity index (χ3n) is 4.00. The molecule has 106 valence electrons. The maximum absolute atomic E-state index is 12.3. The molecule has 0 aromatic carbocycles. The van der Waals surface area contributed by atoms with Crippen molar-refractivity contribution in [1.29, 1.82) is 0 Å². The SMILES string of the molecule is CCC(=O)NC1CCN(C(=O)C(C)=C2CNC2)CC1. The highest BCUT2D eigenvalue weighted by molar-refractivity contribution is 5.94. The number of amides is 2. The molecule has 5 heteroatoms. The van der Waals surface area contributed by atoms with E-state index in [4.69, 9.17) is 0 Å². The van der Waals surface area contributed by atoms with Crippen LogP contribution in [0.15, 0.2) is 11.1 Å². The third kappa shape index (κ3) is 3.35. The smallest absolute Gasteiger partial charge is 0.249 e. The van der Waals surface area contributed by atoms with Gasteiger partial charge in [-0.3, -0.25) is 9.59 Å². The van der Waals surface area contributed by atoms with Gasteiger partial charge in [0.05, 0.1) is 0 Å². The minimum absolute atomic E-state index is 0.101. The molecule has 0 radical (unpaired) electrons. The molecule has 2 N–H and O–H groups in total. The maximum atomic E-state index is 12.3. The second-order valence-corrected chi connectivity index (χ2v) is 5.32. The van der Waals surface area contributed by atoms with E-state index in [9.17, 15) is 9.59 Å². The number of carbonyl (C=O) groups excluding carboxylic acids is 2. The molecule has 0 unspecified atom stereocenters. The second kappa shape index (κ2) is 6.19. The van der Waals surface area contributed by atoms with E-state index in [1.807, 2.05) is 18.7 Å². The van der Waals surface area contributed by atoms with Crippen LogP contribution < -0.4 is 10.6 Å². The summed E-state index contributed by atoms with van der Waals surface area (Å²) in [4.78, 5) is 25.5. The van der Waals surface area contributed by atoms with Gasteiger partial charge in [0.2, 0.25) is 11.8 Å². The standard InChI is InChI=1S/C14H23N3O2/c1-3-13(18)16-12-4-6-17(7-5-12)14(19)10(2)11-8-15-9-11/h12,15H,3-9H2,1-2H3,(H,16,18). The lowest BCUT2D eigenvalue weighted by atomic mass is 10.0. The molecule has 5 nitrogen and oxygen atoms in total. The van der Waals surface area contributed by atoms with Gasteiger partial charge in [0.15, 0.2) is 0 Å². The van der Waals surface area contributed by atoms with Crippen LogP contribution in [0.4, 0.5) is 0 Å². The average Bonchev–Trinajstić information content (AvgIpc) is 2.36. The van der Waals surface area contributed by atoms with Gasteiger partial charge in [-0.1, -0.05) is 6.92 Å². The Morgan fingerprint density at radius 2 is 1.95 bits per heavy atom. The quantitative estimate of drug-likeness (QED) is 0.727. The Kier molecular flexibility index (Phi) is 4.58. The molecular formula is C14H23N3O2. The molecule has 19 heavy (non-hydrogen) atoms. The summed E-state index contributed by atoms with van der Waals surface area (Å²) >= 11 is 0. The number of hydrogen-bond donors (Lipinski definition) is 2. The van der Waals surface area contributed by atoms with Crippen LogP contribution in [0, 0.1) is 0 Å². The zero-order chi connectivity index (χ0) is 13.8. The molecular weight excluding hydrogens is 242 g/mol. The van der Waals surface area contributed by atoms with Gasteiger partial charge in [0.25, 0.3) is 0 Å². The van der Waals surface area contributed by atoms with Crippen molar-refractivity contribution >= 4 is 11.8 Å². The molecule has 0 aromatic heterocycles. The molecule has 0 bridgehead atoms. The van der Waals surface area contributed by atoms with Crippen molar-refractivity contribution in [3.8, 4) is 0 Å². The largest absolute Gasteiger partial charge is 0.353 e. The first-order valence-electron chi connectivity index (χ1n) is 7.09. The Bertz CT molecular complexity index is 389. The molecule has 0 aliphatic carbocycles. The fourth-order valence-corrected chi connectivity index (χ4v) is 2.46. The van der Waals surface area contributed by atoms with E-state index >= 15 is 0 Å². The van der Waals surface area contributed by atoms with Gasteiger partial charge in [0.1, 0.15) is 0 Å². The van der Waals surface area contributed by atoms with E-state index in [1.165, 1.54) is 5.57 Å². The van der Waals surface area contributed by atoms with Crippen LogP contribution in [0.2, 0.25) is 0 Å². The minimum atomic E-state index is 0.101. The summed E-state index contributed by atoms with van der Waals surface area (Å²) in [6.45, 7) is 6.96. The van der Waals surface area contributed by atoms with Crippen LogP contribution in [0.1, 0.15) is 33.1 Å². The first-order valence-corrected chi connectivity index (χ1v) is 7.09.